The van der Waals surface area contributed by atoms with Crippen LogP contribution in [0.3, 0.4) is 0 Å². The molecule has 2 atom stereocenters. The highest BCUT2D eigenvalue weighted by Crippen LogP contribution is 2.43. The molecule has 1 aromatic carbocycles. The Labute approximate surface area is 143 Å². The summed E-state index contributed by atoms with van der Waals surface area (Å²) in [6.45, 7) is 3.78. The molecule has 0 unspecified atom stereocenters. The van der Waals surface area contributed by atoms with Gasteiger partial charge in [-0.05, 0) is 25.3 Å². The van der Waals surface area contributed by atoms with Gasteiger partial charge in [0.2, 0.25) is 5.95 Å². The number of nitrogens with one attached hydrogen (secondary N) is 1. The van der Waals surface area contributed by atoms with Crippen LogP contribution in [0.25, 0.3) is 0 Å². The van der Waals surface area contributed by atoms with Gasteiger partial charge in [-0.25, -0.2) is 4.68 Å². The van der Waals surface area contributed by atoms with E-state index in [2.05, 4.69) is 15.4 Å². The summed E-state index contributed by atoms with van der Waals surface area (Å²) in [7, 11) is 0. The number of carbonyl (C=O) groups is 1. The summed E-state index contributed by atoms with van der Waals surface area (Å²) in [5.74, 6) is 1.29. The minimum absolute atomic E-state index is 0.00297. The predicted molar refractivity (Wildman–Crippen MR) is 90.0 cm³/mol. The molecular weight excluding hydrogens is 322 g/mol. The number of nitro benzene ring substituents is 1. The lowest BCUT2D eigenvalue weighted by Crippen LogP contribution is -2.33. The number of ketones is 1. The minimum atomic E-state index is -0.631. The van der Waals surface area contributed by atoms with Crippen molar-refractivity contribution in [2.24, 2.45) is 5.92 Å². The number of benzene rings is 1. The third-order valence-corrected chi connectivity index (χ3v) is 4.66. The lowest BCUT2D eigenvalue weighted by molar-refractivity contribution is -0.385. The first-order valence-corrected chi connectivity index (χ1v) is 8.15. The number of nitro groups is 1. The van der Waals surface area contributed by atoms with Crippen LogP contribution in [-0.2, 0) is 4.79 Å². The summed E-state index contributed by atoms with van der Waals surface area (Å²) >= 11 is 0. The molecule has 1 aromatic heterocycles. The van der Waals surface area contributed by atoms with Crippen LogP contribution in [-0.4, -0.2) is 25.5 Å². The van der Waals surface area contributed by atoms with E-state index in [0.717, 1.165) is 5.70 Å². The van der Waals surface area contributed by atoms with Gasteiger partial charge in [0, 0.05) is 23.8 Å². The molecule has 4 rings (SSSR count). The number of allylic oxidation sites excluding steroid dienone is 2. The van der Waals surface area contributed by atoms with Gasteiger partial charge < -0.3 is 5.32 Å². The van der Waals surface area contributed by atoms with Crippen molar-refractivity contribution in [2.45, 2.75) is 32.7 Å². The smallest absolute Gasteiger partial charge is 0.275 e. The molecule has 0 fully saturated rings. The van der Waals surface area contributed by atoms with Gasteiger partial charge in [-0.1, -0.05) is 19.1 Å². The number of hydrogen-bond acceptors (Lipinski definition) is 6. The Bertz CT molecular complexity index is 930. The molecule has 8 heteroatoms. The number of para-hydroxylation sites is 1. The molecule has 25 heavy (non-hydrogen) atoms. The van der Waals surface area contributed by atoms with Crippen LogP contribution in [0.15, 0.2) is 35.5 Å². The number of aryl methyl sites for hydroxylation is 1. The van der Waals surface area contributed by atoms with E-state index in [1.807, 2.05) is 6.92 Å². The van der Waals surface area contributed by atoms with Crippen LogP contribution in [0, 0.1) is 23.0 Å². The number of nitrogens with zero attached hydrogens (tertiary/aromatic N) is 4. The second-order valence-corrected chi connectivity index (χ2v) is 6.60. The Morgan fingerprint density at radius 1 is 1.32 bits per heavy atom. The van der Waals surface area contributed by atoms with Crippen molar-refractivity contribution >= 4 is 17.4 Å². The molecule has 0 saturated heterocycles. The standard InChI is InChI=1S/C17H17N5O3/c1-9-7-12-15(14(23)8-9)16(21-17(19-12)18-10(2)20-21)11-5-3-4-6-13(11)22(24)25/h3-6,9,16H,7-8H2,1-2H3,(H,18,19,20)/t9-,16-/m0/s1. The minimum Gasteiger partial charge on any atom is -0.328 e. The SMILES string of the molecule is Cc1nc2n(n1)[C@@H](c1ccccc1[N+](=O)[O-])C1=C(C[C@H](C)CC1=O)N2. The quantitative estimate of drug-likeness (QED) is 0.666. The summed E-state index contributed by atoms with van der Waals surface area (Å²) in [4.78, 5) is 28.3. The Balaban J connectivity index is 1.97. The number of rotatable bonds is 2. The highest BCUT2D eigenvalue weighted by atomic mass is 16.6. The average Bonchev–Trinajstić information content (AvgIpc) is 2.92. The lowest BCUT2D eigenvalue weighted by Gasteiger charge is -2.33. The van der Waals surface area contributed by atoms with Gasteiger partial charge in [0.25, 0.3) is 5.69 Å². The van der Waals surface area contributed by atoms with Crippen LogP contribution in [0.2, 0.25) is 0 Å². The highest BCUT2D eigenvalue weighted by Gasteiger charge is 2.40. The zero-order valence-electron chi connectivity index (χ0n) is 13.9. The van der Waals surface area contributed by atoms with Gasteiger partial charge >= 0.3 is 0 Å². The maximum Gasteiger partial charge on any atom is 0.275 e. The molecule has 1 aliphatic heterocycles. The molecule has 2 aliphatic rings. The molecule has 2 aromatic rings. The number of Topliss-reactive ketones (excluding diaryl/α,β-unsaturated/α-hetero) is 1. The molecule has 1 N–H and O–H groups in total. The third-order valence-electron chi connectivity index (χ3n) is 4.66. The van der Waals surface area contributed by atoms with Gasteiger partial charge in [0.1, 0.15) is 11.9 Å². The predicted octanol–water partition coefficient (Wildman–Crippen LogP) is 2.76. The van der Waals surface area contributed by atoms with Crippen molar-refractivity contribution in [2.75, 3.05) is 5.32 Å². The topological polar surface area (TPSA) is 103 Å². The van der Waals surface area contributed by atoms with E-state index in [4.69, 9.17) is 0 Å². The Kier molecular flexibility index (Phi) is 3.41. The van der Waals surface area contributed by atoms with Gasteiger partial charge in [-0.3, -0.25) is 14.9 Å². The number of carbonyl (C=O) groups excluding carboxylic acids is 1. The van der Waals surface area contributed by atoms with Crippen molar-refractivity contribution in [1.82, 2.24) is 14.8 Å². The van der Waals surface area contributed by atoms with Gasteiger partial charge in [0.05, 0.1) is 10.5 Å². The van der Waals surface area contributed by atoms with E-state index in [1.165, 1.54) is 6.07 Å². The average molecular weight is 339 g/mol. The molecular formula is C17H17N5O3. The van der Waals surface area contributed by atoms with Gasteiger partial charge in [0.15, 0.2) is 5.78 Å². The molecule has 0 amide bonds. The monoisotopic (exact) mass is 339 g/mol. The molecule has 0 spiro atoms. The Hall–Kier alpha value is -3.03. The first-order valence-electron chi connectivity index (χ1n) is 8.15. The maximum absolute atomic E-state index is 12.8. The van der Waals surface area contributed by atoms with E-state index in [1.54, 1.807) is 29.8 Å². The Morgan fingerprint density at radius 3 is 2.84 bits per heavy atom. The molecule has 0 bridgehead atoms. The molecule has 1 aliphatic carbocycles. The summed E-state index contributed by atoms with van der Waals surface area (Å²) in [6, 6.07) is 5.87. The van der Waals surface area contributed by atoms with E-state index < -0.39 is 11.0 Å². The van der Waals surface area contributed by atoms with E-state index in [9.17, 15) is 14.9 Å². The first-order chi connectivity index (χ1) is 12.0. The van der Waals surface area contributed by atoms with E-state index in [0.29, 0.717) is 35.8 Å². The molecule has 0 saturated carbocycles. The fraction of sp³-hybridized carbons (Fsp3) is 0.353. The van der Waals surface area contributed by atoms with Crippen LogP contribution in [0.1, 0.15) is 37.2 Å². The second kappa shape index (κ2) is 5.51. The van der Waals surface area contributed by atoms with Crippen molar-refractivity contribution < 1.29 is 9.72 Å². The maximum atomic E-state index is 12.8. The van der Waals surface area contributed by atoms with Crippen molar-refractivity contribution in [1.29, 1.82) is 0 Å². The largest absolute Gasteiger partial charge is 0.328 e. The van der Waals surface area contributed by atoms with Crippen LogP contribution < -0.4 is 5.32 Å². The Morgan fingerprint density at radius 2 is 2.08 bits per heavy atom. The number of anilines is 1. The van der Waals surface area contributed by atoms with Crippen LogP contribution in [0.4, 0.5) is 11.6 Å². The molecule has 8 nitrogen and oxygen atoms in total. The normalized spacial score (nSPS) is 22.2. The van der Waals surface area contributed by atoms with E-state index in [-0.39, 0.29) is 17.4 Å². The fourth-order valence-electron chi connectivity index (χ4n) is 3.69. The summed E-state index contributed by atoms with van der Waals surface area (Å²) in [5.41, 5.74) is 1.79. The molecule has 0 radical (unpaired) electrons. The first kappa shape index (κ1) is 15.5. The zero-order valence-corrected chi connectivity index (χ0v) is 13.9. The zero-order chi connectivity index (χ0) is 17.7. The van der Waals surface area contributed by atoms with Crippen molar-refractivity contribution in [3.05, 3.63) is 57.0 Å². The van der Waals surface area contributed by atoms with Gasteiger partial charge in [-0.2, -0.15) is 10.1 Å². The second-order valence-electron chi connectivity index (χ2n) is 6.60. The molecule has 128 valence electrons. The van der Waals surface area contributed by atoms with Crippen molar-refractivity contribution in [3.8, 4) is 0 Å². The number of fused-ring (bicyclic) bond motifs is 1. The number of aromatic nitrogens is 3. The molecule has 2 heterocycles. The van der Waals surface area contributed by atoms with Crippen LogP contribution >= 0.6 is 0 Å². The third kappa shape index (κ3) is 2.41. The summed E-state index contributed by atoms with van der Waals surface area (Å²) in [6.07, 6.45) is 1.14. The highest BCUT2D eigenvalue weighted by molar-refractivity contribution is 5.99. The van der Waals surface area contributed by atoms with Gasteiger partial charge in [-0.15, -0.1) is 0 Å². The van der Waals surface area contributed by atoms with E-state index >= 15 is 0 Å². The lowest BCUT2D eigenvalue weighted by atomic mass is 9.81. The van der Waals surface area contributed by atoms with Crippen molar-refractivity contribution in [3.63, 3.8) is 0 Å². The fourth-order valence-corrected chi connectivity index (χ4v) is 3.69. The summed E-state index contributed by atoms with van der Waals surface area (Å²) in [5, 5.41) is 19.1. The number of hydrogen-bond donors (Lipinski definition) is 1. The van der Waals surface area contributed by atoms with Crippen LogP contribution in [0.5, 0.6) is 0 Å². The summed E-state index contributed by atoms with van der Waals surface area (Å²) < 4.78 is 1.59.